The van der Waals surface area contributed by atoms with Crippen molar-refractivity contribution in [2.24, 2.45) is 0 Å². The first kappa shape index (κ1) is 20.4. The molecule has 1 saturated heterocycles. The second kappa shape index (κ2) is 10.3. The molecule has 1 atom stereocenters. The standard InChI is InChI=1S/C15H23ClN2.C2H2O4/c1-3-13(2)18-10-8-17(9-11-18)12-14-4-6-15(16)7-5-14;3-1(4)2(5)6/h4-7,13H,3,8-12H2,1-2H3;(H,3,4)(H,5,6). The predicted molar refractivity (Wildman–Crippen MR) is 93.3 cm³/mol. The second-order valence-corrected chi connectivity index (χ2v) is 6.24. The summed E-state index contributed by atoms with van der Waals surface area (Å²) in [5.74, 6) is -3.65. The third kappa shape index (κ3) is 7.29. The van der Waals surface area contributed by atoms with Crippen molar-refractivity contribution in [1.29, 1.82) is 0 Å². The Balaban J connectivity index is 0.000000413. The average Bonchev–Trinajstić information content (AvgIpc) is 2.57. The van der Waals surface area contributed by atoms with Gasteiger partial charge in [0.2, 0.25) is 0 Å². The van der Waals surface area contributed by atoms with Crippen LogP contribution in [0.25, 0.3) is 0 Å². The van der Waals surface area contributed by atoms with E-state index in [-0.39, 0.29) is 0 Å². The molecule has 0 saturated carbocycles. The van der Waals surface area contributed by atoms with Crippen LogP contribution >= 0.6 is 11.6 Å². The molecule has 2 rings (SSSR count). The Morgan fingerprint density at radius 3 is 2.00 bits per heavy atom. The molecule has 2 N–H and O–H groups in total. The summed E-state index contributed by atoms with van der Waals surface area (Å²) in [4.78, 5) is 23.3. The van der Waals surface area contributed by atoms with Crippen LogP contribution in [-0.4, -0.2) is 64.2 Å². The van der Waals surface area contributed by atoms with E-state index in [1.54, 1.807) is 0 Å². The van der Waals surface area contributed by atoms with Crippen LogP contribution in [0, 0.1) is 0 Å². The SMILES string of the molecule is CCC(C)N1CCN(Cc2ccc(Cl)cc2)CC1.O=C(O)C(=O)O. The van der Waals surface area contributed by atoms with Gasteiger partial charge in [-0.2, -0.15) is 0 Å². The van der Waals surface area contributed by atoms with Gasteiger partial charge < -0.3 is 10.2 Å². The quantitative estimate of drug-likeness (QED) is 0.806. The number of carboxylic acids is 2. The maximum Gasteiger partial charge on any atom is 0.414 e. The maximum absolute atomic E-state index is 9.10. The lowest BCUT2D eigenvalue weighted by Crippen LogP contribution is -2.48. The molecule has 0 bridgehead atoms. The number of carboxylic acid groups (broad SMARTS) is 2. The zero-order chi connectivity index (χ0) is 18.1. The Kier molecular flexibility index (Phi) is 8.74. The largest absolute Gasteiger partial charge is 0.473 e. The van der Waals surface area contributed by atoms with Crippen molar-refractivity contribution in [3.05, 3.63) is 34.9 Å². The number of hydrogen-bond donors (Lipinski definition) is 2. The normalized spacial score (nSPS) is 16.8. The number of benzene rings is 1. The Morgan fingerprint density at radius 2 is 1.58 bits per heavy atom. The molecule has 6 nitrogen and oxygen atoms in total. The molecule has 1 aromatic carbocycles. The summed E-state index contributed by atoms with van der Waals surface area (Å²) in [6, 6.07) is 8.94. The van der Waals surface area contributed by atoms with Crippen LogP contribution in [-0.2, 0) is 16.1 Å². The molecule has 1 heterocycles. The zero-order valence-electron chi connectivity index (χ0n) is 14.1. The molecule has 1 fully saturated rings. The first-order chi connectivity index (χ1) is 11.3. The second-order valence-electron chi connectivity index (χ2n) is 5.81. The lowest BCUT2D eigenvalue weighted by Gasteiger charge is -2.37. The lowest BCUT2D eigenvalue weighted by atomic mass is 10.1. The third-order valence-electron chi connectivity index (χ3n) is 4.12. The van der Waals surface area contributed by atoms with Crippen LogP contribution < -0.4 is 0 Å². The molecule has 0 amide bonds. The maximum atomic E-state index is 9.10. The minimum atomic E-state index is -1.82. The Morgan fingerprint density at radius 1 is 1.08 bits per heavy atom. The van der Waals surface area contributed by atoms with Crippen molar-refractivity contribution in [2.75, 3.05) is 26.2 Å². The van der Waals surface area contributed by atoms with E-state index in [0.717, 1.165) is 17.6 Å². The Bertz CT molecular complexity index is 516. The van der Waals surface area contributed by atoms with Crippen molar-refractivity contribution in [3.8, 4) is 0 Å². The summed E-state index contributed by atoms with van der Waals surface area (Å²) < 4.78 is 0. The first-order valence-corrected chi connectivity index (χ1v) is 8.38. The fourth-order valence-corrected chi connectivity index (χ4v) is 2.59. The minimum Gasteiger partial charge on any atom is -0.473 e. The Hall–Kier alpha value is -1.63. The molecule has 1 aromatic rings. The van der Waals surface area contributed by atoms with E-state index < -0.39 is 11.9 Å². The van der Waals surface area contributed by atoms with E-state index in [9.17, 15) is 0 Å². The van der Waals surface area contributed by atoms with E-state index in [1.807, 2.05) is 12.1 Å². The molecule has 1 unspecified atom stereocenters. The monoisotopic (exact) mass is 356 g/mol. The van der Waals surface area contributed by atoms with E-state index in [0.29, 0.717) is 0 Å². The molecule has 24 heavy (non-hydrogen) atoms. The summed E-state index contributed by atoms with van der Waals surface area (Å²) in [7, 11) is 0. The number of hydrogen-bond acceptors (Lipinski definition) is 4. The van der Waals surface area contributed by atoms with Gasteiger partial charge in [-0.05, 0) is 31.0 Å². The molecule has 1 aliphatic heterocycles. The number of aliphatic carboxylic acids is 2. The lowest BCUT2D eigenvalue weighted by molar-refractivity contribution is -0.159. The number of nitrogens with zero attached hydrogens (tertiary/aromatic N) is 2. The fraction of sp³-hybridized carbons (Fsp3) is 0.529. The highest BCUT2D eigenvalue weighted by atomic mass is 35.5. The summed E-state index contributed by atoms with van der Waals surface area (Å²) >= 11 is 5.90. The smallest absolute Gasteiger partial charge is 0.414 e. The van der Waals surface area contributed by atoms with Gasteiger partial charge in [-0.3, -0.25) is 9.80 Å². The van der Waals surface area contributed by atoms with Gasteiger partial charge in [0.15, 0.2) is 0 Å². The van der Waals surface area contributed by atoms with Gasteiger partial charge in [0, 0.05) is 43.8 Å². The van der Waals surface area contributed by atoms with Gasteiger partial charge in [0.25, 0.3) is 0 Å². The van der Waals surface area contributed by atoms with Crippen molar-refractivity contribution < 1.29 is 19.8 Å². The highest BCUT2D eigenvalue weighted by molar-refractivity contribution is 6.30. The van der Waals surface area contributed by atoms with E-state index in [4.69, 9.17) is 31.4 Å². The van der Waals surface area contributed by atoms with E-state index in [2.05, 4.69) is 35.8 Å². The summed E-state index contributed by atoms with van der Waals surface area (Å²) in [6.07, 6.45) is 1.25. The highest BCUT2D eigenvalue weighted by Crippen LogP contribution is 2.14. The van der Waals surface area contributed by atoms with E-state index >= 15 is 0 Å². The van der Waals surface area contributed by atoms with Gasteiger partial charge in [0.1, 0.15) is 0 Å². The topological polar surface area (TPSA) is 81.1 Å². The van der Waals surface area contributed by atoms with Crippen molar-refractivity contribution in [1.82, 2.24) is 9.80 Å². The average molecular weight is 357 g/mol. The molecular weight excluding hydrogens is 332 g/mol. The number of halogens is 1. The number of rotatable bonds is 4. The third-order valence-corrected chi connectivity index (χ3v) is 4.38. The molecule has 1 aliphatic rings. The van der Waals surface area contributed by atoms with Crippen LogP contribution in [0.5, 0.6) is 0 Å². The van der Waals surface area contributed by atoms with Crippen LogP contribution in [0.2, 0.25) is 5.02 Å². The van der Waals surface area contributed by atoms with Crippen molar-refractivity contribution in [3.63, 3.8) is 0 Å². The summed E-state index contributed by atoms with van der Waals surface area (Å²) in [6.45, 7) is 10.4. The molecule has 134 valence electrons. The highest BCUT2D eigenvalue weighted by Gasteiger charge is 2.19. The molecule has 0 aliphatic carbocycles. The summed E-state index contributed by atoms with van der Waals surface area (Å²) in [5.41, 5.74) is 1.36. The molecule has 0 aromatic heterocycles. The zero-order valence-corrected chi connectivity index (χ0v) is 14.9. The van der Waals surface area contributed by atoms with Crippen LogP contribution in [0.3, 0.4) is 0 Å². The van der Waals surface area contributed by atoms with Crippen LogP contribution in [0.4, 0.5) is 0 Å². The molecule has 0 spiro atoms. The minimum absolute atomic E-state index is 0.725. The van der Waals surface area contributed by atoms with Crippen LogP contribution in [0.1, 0.15) is 25.8 Å². The van der Waals surface area contributed by atoms with Gasteiger partial charge in [0.05, 0.1) is 0 Å². The molecular formula is C17H25ClN2O4. The van der Waals surface area contributed by atoms with Crippen molar-refractivity contribution >= 4 is 23.5 Å². The van der Waals surface area contributed by atoms with Gasteiger partial charge in [-0.25, -0.2) is 9.59 Å². The molecule has 7 heteroatoms. The summed E-state index contributed by atoms with van der Waals surface area (Å²) in [5, 5.41) is 15.6. The van der Waals surface area contributed by atoms with Crippen LogP contribution in [0.15, 0.2) is 24.3 Å². The van der Waals surface area contributed by atoms with E-state index in [1.165, 1.54) is 38.2 Å². The molecule has 0 radical (unpaired) electrons. The number of piperazine rings is 1. The van der Waals surface area contributed by atoms with Gasteiger partial charge in [-0.15, -0.1) is 0 Å². The fourth-order valence-electron chi connectivity index (χ4n) is 2.47. The first-order valence-electron chi connectivity index (χ1n) is 8.00. The Labute approximate surface area is 147 Å². The van der Waals surface area contributed by atoms with Gasteiger partial charge >= 0.3 is 11.9 Å². The van der Waals surface area contributed by atoms with Gasteiger partial charge in [-0.1, -0.05) is 30.7 Å². The predicted octanol–water partition coefficient (Wildman–Crippen LogP) is 2.41. The number of carbonyl (C=O) groups is 2. The van der Waals surface area contributed by atoms with Crippen molar-refractivity contribution in [2.45, 2.75) is 32.9 Å².